The van der Waals surface area contributed by atoms with Crippen LogP contribution >= 0.6 is 0 Å². The van der Waals surface area contributed by atoms with E-state index in [0.29, 0.717) is 29.4 Å². The van der Waals surface area contributed by atoms with Gasteiger partial charge in [0.05, 0.1) is 13.7 Å². The third-order valence-electron chi connectivity index (χ3n) is 3.45. The molecule has 0 radical (unpaired) electrons. The summed E-state index contributed by atoms with van der Waals surface area (Å²) < 4.78 is 10.7. The minimum Gasteiger partial charge on any atom is -0.493 e. The first-order valence-corrected chi connectivity index (χ1v) is 7.94. The van der Waals surface area contributed by atoms with Gasteiger partial charge >= 0.3 is 0 Å². The fourth-order valence-electron chi connectivity index (χ4n) is 2.24. The Bertz CT molecular complexity index is 796. The van der Waals surface area contributed by atoms with Crippen molar-refractivity contribution in [2.45, 2.75) is 13.8 Å². The Labute approximate surface area is 147 Å². The van der Waals surface area contributed by atoms with Crippen molar-refractivity contribution in [1.82, 2.24) is 0 Å². The number of hydrogen-bond donors (Lipinski definition) is 1. The average molecular weight is 339 g/mol. The smallest absolute Gasteiger partial charge is 0.248 e. The van der Waals surface area contributed by atoms with E-state index in [1.54, 1.807) is 43.5 Å². The van der Waals surface area contributed by atoms with Crippen LogP contribution in [0.15, 0.2) is 48.5 Å². The van der Waals surface area contributed by atoms with Gasteiger partial charge in [-0.3, -0.25) is 9.59 Å². The summed E-state index contributed by atoms with van der Waals surface area (Å²) >= 11 is 0. The van der Waals surface area contributed by atoms with Gasteiger partial charge < -0.3 is 14.8 Å². The zero-order valence-corrected chi connectivity index (χ0v) is 14.5. The number of anilines is 1. The minimum absolute atomic E-state index is 0.0478. The first kappa shape index (κ1) is 18.3. The van der Waals surface area contributed by atoms with Gasteiger partial charge in [0, 0.05) is 17.3 Å². The van der Waals surface area contributed by atoms with Gasteiger partial charge in [-0.05, 0) is 49.8 Å². The molecule has 0 saturated carbocycles. The molecule has 0 fully saturated rings. The third-order valence-corrected chi connectivity index (χ3v) is 3.45. The molecule has 2 aromatic rings. The predicted octanol–water partition coefficient (Wildman–Crippen LogP) is 3.95. The van der Waals surface area contributed by atoms with Crippen LogP contribution in [0.1, 0.15) is 29.8 Å². The second-order valence-electron chi connectivity index (χ2n) is 5.30. The molecular weight excluding hydrogens is 318 g/mol. The Kier molecular flexibility index (Phi) is 6.34. The molecule has 130 valence electrons. The van der Waals surface area contributed by atoms with Crippen molar-refractivity contribution in [3.8, 4) is 11.5 Å². The number of ketones is 1. The molecule has 0 spiro atoms. The molecule has 0 saturated heterocycles. The molecule has 1 N–H and O–H groups in total. The SMILES string of the molecule is CCOc1cc(/C=C/C(=O)Nc2cccc(C(C)=O)c2)ccc1OC. The molecule has 0 aliphatic carbocycles. The first-order chi connectivity index (χ1) is 12.0. The quantitative estimate of drug-likeness (QED) is 0.613. The fourth-order valence-corrected chi connectivity index (χ4v) is 2.24. The molecule has 0 bridgehead atoms. The van der Waals surface area contributed by atoms with Gasteiger partial charge in [-0.15, -0.1) is 0 Å². The maximum Gasteiger partial charge on any atom is 0.248 e. The molecule has 0 aromatic heterocycles. The molecule has 0 unspecified atom stereocenters. The molecule has 0 atom stereocenters. The molecule has 5 heteroatoms. The van der Waals surface area contributed by atoms with Crippen molar-refractivity contribution in [1.29, 1.82) is 0 Å². The Morgan fingerprint density at radius 2 is 1.92 bits per heavy atom. The standard InChI is InChI=1S/C20H21NO4/c1-4-25-19-12-15(8-10-18(19)24-3)9-11-20(23)21-17-7-5-6-16(13-17)14(2)22/h5-13H,4H2,1-3H3,(H,21,23)/b11-9+. The highest BCUT2D eigenvalue weighted by atomic mass is 16.5. The highest BCUT2D eigenvalue weighted by Crippen LogP contribution is 2.28. The molecule has 25 heavy (non-hydrogen) atoms. The zero-order valence-electron chi connectivity index (χ0n) is 14.5. The van der Waals surface area contributed by atoms with Gasteiger partial charge in [0.1, 0.15) is 0 Å². The van der Waals surface area contributed by atoms with Gasteiger partial charge in [-0.2, -0.15) is 0 Å². The van der Waals surface area contributed by atoms with Crippen LogP contribution < -0.4 is 14.8 Å². The van der Waals surface area contributed by atoms with Crippen molar-refractivity contribution < 1.29 is 19.1 Å². The van der Waals surface area contributed by atoms with E-state index in [2.05, 4.69) is 5.32 Å². The van der Waals surface area contributed by atoms with Crippen molar-refractivity contribution in [2.24, 2.45) is 0 Å². The van der Waals surface area contributed by atoms with E-state index in [0.717, 1.165) is 5.56 Å². The van der Waals surface area contributed by atoms with Crippen molar-refractivity contribution in [3.63, 3.8) is 0 Å². The highest BCUT2D eigenvalue weighted by molar-refractivity contribution is 6.03. The van der Waals surface area contributed by atoms with Gasteiger partial charge in [-0.1, -0.05) is 18.2 Å². The summed E-state index contributed by atoms with van der Waals surface area (Å²) in [7, 11) is 1.58. The van der Waals surface area contributed by atoms with Gasteiger partial charge in [0.25, 0.3) is 0 Å². The van der Waals surface area contributed by atoms with Gasteiger partial charge in [0.15, 0.2) is 17.3 Å². The molecule has 0 heterocycles. The second-order valence-corrected chi connectivity index (χ2v) is 5.30. The van der Waals surface area contributed by atoms with Gasteiger partial charge in [-0.25, -0.2) is 0 Å². The number of methoxy groups -OCH3 is 1. The number of benzene rings is 2. The lowest BCUT2D eigenvalue weighted by Gasteiger charge is -2.09. The monoisotopic (exact) mass is 339 g/mol. The van der Waals surface area contributed by atoms with E-state index in [-0.39, 0.29) is 11.7 Å². The van der Waals surface area contributed by atoms with E-state index >= 15 is 0 Å². The summed E-state index contributed by atoms with van der Waals surface area (Å²) in [6.07, 6.45) is 3.12. The normalized spacial score (nSPS) is 10.5. The number of hydrogen-bond acceptors (Lipinski definition) is 4. The van der Waals surface area contributed by atoms with Crippen LogP contribution in [0.25, 0.3) is 6.08 Å². The summed E-state index contributed by atoms with van der Waals surface area (Å²) in [5.74, 6) is 0.939. The number of carbonyl (C=O) groups is 2. The molecule has 0 aliphatic rings. The topological polar surface area (TPSA) is 64.6 Å². The number of carbonyl (C=O) groups excluding carboxylic acids is 2. The van der Waals surface area contributed by atoms with E-state index in [1.807, 2.05) is 19.1 Å². The largest absolute Gasteiger partial charge is 0.493 e. The maximum atomic E-state index is 12.1. The van der Waals surface area contributed by atoms with E-state index in [1.165, 1.54) is 13.0 Å². The Hall–Kier alpha value is -3.08. The summed E-state index contributed by atoms with van der Waals surface area (Å²) in [6, 6.07) is 12.3. The zero-order chi connectivity index (χ0) is 18.2. The average Bonchev–Trinajstić information content (AvgIpc) is 2.60. The van der Waals surface area contributed by atoms with Crippen molar-refractivity contribution in [2.75, 3.05) is 19.0 Å². The van der Waals surface area contributed by atoms with Crippen LogP contribution in [0.2, 0.25) is 0 Å². The molecule has 1 amide bonds. The lowest BCUT2D eigenvalue weighted by Crippen LogP contribution is -2.08. The number of ether oxygens (including phenoxy) is 2. The number of Topliss-reactive ketones (excluding diaryl/α,β-unsaturated/α-hetero) is 1. The molecule has 5 nitrogen and oxygen atoms in total. The summed E-state index contributed by atoms with van der Waals surface area (Å²) in [6.45, 7) is 3.90. The van der Waals surface area contributed by atoms with Crippen LogP contribution in [0, 0.1) is 0 Å². The van der Waals surface area contributed by atoms with Crippen LogP contribution in [-0.4, -0.2) is 25.4 Å². The highest BCUT2D eigenvalue weighted by Gasteiger charge is 2.05. The summed E-state index contributed by atoms with van der Waals surface area (Å²) in [5, 5.41) is 2.74. The number of rotatable bonds is 7. The lowest BCUT2D eigenvalue weighted by atomic mass is 10.1. The second kappa shape index (κ2) is 8.68. The van der Waals surface area contributed by atoms with E-state index in [4.69, 9.17) is 9.47 Å². The molecule has 2 aromatic carbocycles. The van der Waals surface area contributed by atoms with Crippen LogP contribution in [0.5, 0.6) is 11.5 Å². The predicted molar refractivity (Wildman–Crippen MR) is 98.3 cm³/mol. The molecular formula is C20H21NO4. The lowest BCUT2D eigenvalue weighted by molar-refractivity contribution is -0.111. The van der Waals surface area contributed by atoms with Crippen molar-refractivity contribution >= 4 is 23.5 Å². The van der Waals surface area contributed by atoms with Crippen LogP contribution in [0.3, 0.4) is 0 Å². The number of amides is 1. The van der Waals surface area contributed by atoms with Gasteiger partial charge in [0.2, 0.25) is 5.91 Å². The third kappa shape index (κ3) is 5.21. The number of nitrogens with one attached hydrogen (secondary N) is 1. The maximum absolute atomic E-state index is 12.1. The minimum atomic E-state index is -0.283. The summed E-state index contributed by atoms with van der Waals surface area (Å²) in [4.78, 5) is 23.4. The molecule has 0 aliphatic heterocycles. The summed E-state index contributed by atoms with van der Waals surface area (Å²) in [5.41, 5.74) is 1.95. The first-order valence-electron chi connectivity index (χ1n) is 7.94. The Morgan fingerprint density at radius 3 is 2.60 bits per heavy atom. The van der Waals surface area contributed by atoms with E-state index < -0.39 is 0 Å². The fraction of sp³-hybridized carbons (Fsp3) is 0.200. The van der Waals surface area contributed by atoms with Crippen LogP contribution in [0.4, 0.5) is 5.69 Å². The Morgan fingerprint density at radius 1 is 1.12 bits per heavy atom. The Balaban J connectivity index is 2.08. The van der Waals surface area contributed by atoms with E-state index in [9.17, 15) is 9.59 Å². The molecule has 2 rings (SSSR count). The van der Waals surface area contributed by atoms with Crippen LogP contribution in [-0.2, 0) is 4.79 Å². The van der Waals surface area contributed by atoms with Crippen molar-refractivity contribution in [3.05, 3.63) is 59.7 Å².